The van der Waals surface area contributed by atoms with E-state index >= 15 is 0 Å². The van der Waals surface area contributed by atoms with E-state index in [0.29, 0.717) is 30.3 Å². The number of carbonyl (C=O) groups excluding carboxylic acids is 2. The average Bonchev–Trinajstić information content (AvgIpc) is 3.27. The molecule has 1 saturated carbocycles. The molecule has 3 fully saturated rings. The van der Waals surface area contributed by atoms with E-state index in [-0.39, 0.29) is 18.0 Å². The van der Waals surface area contributed by atoms with Gasteiger partial charge in [0.05, 0.1) is 12.1 Å². The Kier molecular flexibility index (Phi) is 6.09. The average molecular weight is 352 g/mol. The molecule has 2 heterocycles. The molecule has 3 aliphatic rings. The van der Waals surface area contributed by atoms with Crippen LogP contribution in [-0.2, 0) is 4.79 Å². The second-order valence-electron chi connectivity index (χ2n) is 7.14. The van der Waals surface area contributed by atoms with Gasteiger partial charge in [-0.05, 0) is 25.7 Å². The summed E-state index contributed by atoms with van der Waals surface area (Å²) in [4.78, 5) is 26.0. The third-order valence-electron chi connectivity index (χ3n) is 5.48. The molecule has 0 unspecified atom stereocenters. The van der Waals surface area contributed by atoms with Gasteiger partial charge < -0.3 is 15.5 Å². The molecule has 0 bridgehead atoms. The van der Waals surface area contributed by atoms with Crippen LogP contribution in [0.1, 0.15) is 51.4 Å². The molecule has 134 valence electrons. The molecule has 0 radical (unpaired) electrons. The van der Waals surface area contributed by atoms with Crippen molar-refractivity contribution in [3.8, 4) is 0 Å². The smallest absolute Gasteiger partial charge is 0.315 e. The van der Waals surface area contributed by atoms with Crippen LogP contribution in [0.15, 0.2) is 12.7 Å². The lowest BCUT2D eigenvalue weighted by Crippen LogP contribution is -2.39. The predicted molar refractivity (Wildman–Crippen MR) is 98.1 cm³/mol. The first-order valence-corrected chi connectivity index (χ1v) is 10.3. The van der Waals surface area contributed by atoms with Gasteiger partial charge in [-0.1, -0.05) is 25.3 Å². The van der Waals surface area contributed by atoms with Crippen LogP contribution in [0, 0.1) is 0 Å². The van der Waals surface area contributed by atoms with Gasteiger partial charge in [-0.2, -0.15) is 11.8 Å². The summed E-state index contributed by atoms with van der Waals surface area (Å²) >= 11 is 1.94. The van der Waals surface area contributed by atoms with Crippen LogP contribution in [0.2, 0.25) is 0 Å². The number of nitrogens with zero attached hydrogens (tertiary/aromatic N) is 1. The Labute approximate surface area is 149 Å². The van der Waals surface area contributed by atoms with Gasteiger partial charge in [0.15, 0.2) is 0 Å². The maximum atomic E-state index is 12.5. The monoisotopic (exact) mass is 351 g/mol. The van der Waals surface area contributed by atoms with Crippen molar-refractivity contribution in [3.05, 3.63) is 12.7 Å². The van der Waals surface area contributed by atoms with Gasteiger partial charge in [0, 0.05) is 30.0 Å². The van der Waals surface area contributed by atoms with E-state index < -0.39 is 0 Å². The van der Waals surface area contributed by atoms with Crippen LogP contribution in [0.5, 0.6) is 0 Å². The fourth-order valence-corrected chi connectivity index (χ4v) is 5.76. The standard InChI is InChI=1S/C18H29N3O2S/c1-2-11-21(13-7-3-4-8-13)16(22)10-6-5-9-15-17-14(12-24-15)19-18(23)20-17/h2,13-15,17H,1,3-12H2,(H2,19,20,23)/t14-,15-,17-/m0/s1. The van der Waals surface area contributed by atoms with Gasteiger partial charge in [0.2, 0.25) is 5.91 Å². The van der Waals surface area contributed by atoms with Crippen molar-refractivity contribution < 1.29 is 9.59 Å². The molecular formula is C18H29N3O2S. The molecule has 2 aliphatic heterocycles. The van der Waals surface area contributed by atoms with E-state index in [0.717, 1.165) is 37.9 Å². The molecule has 0 aromatic carbocycles. The van der Waals surface area contributed by atoms with E-state index in [1.807, 2.05) is 22.7 Å². The van der Waals surface area contributed by atoms with Gasteiger partial charge in [-0.3, -0.25) is 4.79 Å². The van der Waals surface area contributed by atoms with Crippen molar-refractivity contribution in [1.29, 1.82) is 0 Å². The number of nitrogens with one attached hydrogen (secondary N) is 2. The van der Waals surface area contributed by atoms with Crippen LogP contribution in [0.3, 0.4) is 0 Å². The zero-order valence-electron chi connectivity index (χ0n) is 14.3. The Hall–Kier alpha value is -1.17. The molecule has 5 nitrogen and oxygen atoms in total. The maximum absolute atomic E-state index is 12.5. The number of amides is 3. The molecule has 6 heteroatoms. The summed E-state index contributed by atoms with van der Waals surface area (Å²) in [6.45, 7) is 4.49. The van der Waals surface area contributed by atoms with E-state index in [2.05, 4.69) is 17.2 Å². The molecule has 0 aromatic heterocycles. The van der Waals surface area contributed by atoms with Crippen molar-refractivity contribution in [3.63, 3.8) is 0 Å². The Morgan fingerprint density at radius 3 is 2.83 bits per heavy atom. The summed E-state index contributed by atoms with van der Waals surface area (Å²) in [6, 6.07) is 0.970. The molecule has 3 amide bonds. The number of hydrogen-bond donors (Lipinski definition) is 2. The number of hydrogen-bond acceptors (Lipinski definition) is 3. The van der Waals surface area contributed by atoms with E-state index in [1.54, 1.807) is 0 Å². The second kappa shape index (κ2) is 8.28. The fraction of sp³-hybridized carbons (Fsp3) is 0.778. The minimum absolute atomic E-state index is 0.0258. The minimum Gasteiger partial charge on any atom is -0.336 e. The number of fused-ring (bicyclic) bond motifs is 1. The predicted octanol–water partition coefficient (Wildman–Crippen LogP) is 2.67. The van der Waals surface area contributed by atoms with Crippen LogP contribution < -0.4 is 10.6 Å². The van der Waals surface area contributed by atoms with Crippen LogP contribution in [0.25, 0.3) is 0 Å². The third kappa shape index (κ3) is 4.08. The number of unbranched alkanes of at least 4 members (excludes halogenated alkanes) is 1. The van der Waals surface area contributed by atoms with E-state index in [4.69, 9.17) is 0 Å². The molecule has 0 aromatic rings. The molecule has 0 spiro atoms. The zero-order valence-corrected chi connectivity index (χ0v) is 15.2. The Bertz CT molecular complexity index is 479. The largest absolute Gasteiger partial charge is 0.336 e. The lowest BCUT2D eigenvalue weighted by atomic mass is 10.0. The highest BCUT2D eigenvalue weighted by Gasteiger charge is 2.42. The van der Waals surface area contributed by atoms with Gasteiger partial charge in [-0.25, -0.2) is 4.79 Å². The number of urea groups is 1. The topological polar surface area (TPSA) is 61.4 Å². The van der Waals surface area contributed by atoms with Crippen molar-refractivity contribution in [2.24, 2.45) is 0 Å². The van der Waals surface area contributed by atoms with Crippen molar-refractivity contribution in [1.82, 2.24) is 15.5 Å². The third-order valence-corrected chi connectivity index (χ3v) is 6.99. The summed E-state index contributed by atoms with van der Waals surface area (Å²) < 4.78 is 0. The molecule has 3 rings (SSSR count). The molecule has 2 N–H and O–H groups in total. The van der Waals surface area contributed by atoms with E-state index in [9.17, 15) is 9.59 Å². The van der Waals surface area contributed by atoms with Gasteiger partial charge in [0.1, 0.15) is 0 Å². The van der Waals surface area contributed by atoms with Crippen LogP contribution in [-0.4, -0.2) is 52.5 Å². The Morgan fingerprint density at radius 1 is 1.29 bits per heavy atom. The van der Waals surface area contributed by atoms with Crippen LogP contribution in [0.4, 0.5) is 4.79 Å². The van der Waals surface area contributed by atoms with E-state index in [1.165, 1.54) is 12.8 Å². The highest BCUT2D eigenvalue weighted by molar-refractivity contribution is 8.00. The highest BCUT2D eigenvalue weighted by Crippen LogP contribution is 2.33. The SMILES string of the molecule is C=CCN(C(=O)CCCC[C@@H]1SC[C@@H]2NC(=O)N[C@@H]21)C1CCCC1. The minimum atomic E-state index is -0.0258. The van der Waals surface area contributed by atoms with Gasteiger partial charge >= 0.3 is 6.03 Å². The number of thioether (sulfide) groups is 1. The van der Waals surface area contributed by atoms with Crippen molar-refractivity contribution in [2.75, 3.05) is 12.3 Å². The maximum Gasteiger partial charge on any atom is 0.315 e. The fourth-order valence-electron chi connectivity index (χ4n) is 4.22. The molecular weight excluding hydrogens is 322 g/mol. The summed E-state index contributed by atoms with van der Waals surface area (Å²) in [5.74, 6) is 1.29. The molecule has 24 heavy (non-hydrogen) atoms. The Balaban J connectivity index is 1.38. The zero-order chi connectivity index (χ0) is 16.9. The lowest BCUT2D eigenvalue weighted by molar-refractivity contribution is -0.132. The normalized spacial score (nSPS) is 29.2. The summed E-state index contributed by atoms with van der Waals surface area (Å²) in [5, 5.41) is 6.49. The first-order valence-electron chi connectivity index (χ1n) is 9.28. The second-order valence-corrected chi connectivity index (χ2v) is 8.41. The number of rotatable bonds is 8. The quantitative estimate of drug-likeness (QED) is 0.401. The number of carbonyl (C=O) groups is 2. The molecule has 2 saturated heterocycles. The first kappa shape index (κ1) is 17.6. The summed E-state index contributed by atoms with van der Waals surface area (Å²) in [7, 11) is 0. The summed E-state index contributed by atoms with van der Waals surface area (Å²) in [6.07, 6.45) is 10.3. The lowest BCUT2D eigenvalue weighted by Gasteiger charge is -2.28. The highest BCUT2D eigenvalue weighted by atomic mass is 32.2. The first-order chi connectivity index (χ1) is 11.7. The Morgan fingerprint density at radius 2 is 2.08 bits per heavy atom. The van der Waals surface area contributed by atoms with Gasteiger partial charge in [0.25, 0.3) is 0 Å². The molecule has 3 atom stereocenters. The molecule has 1 aliphatic carbocycles. The van der Waals surface area contributed by atoms with Gasteiger partial charge in [-0.15, -0.1) is 6.58 Å². The van der Waals surface area contributed by atoms with Crippen molar-refractivity contribution in [2.45, 2.75) is 74.7 Å². The summed E-state index contributed by atoms with van der Waals surface area (Å²) in [5.41, 5.74) is 0. The van der Waals surface area contributed by atoms with Crippen molar-refractivity contribution >= 4 is 23.7 Å². The van der Waals surface area contributed by atoms with Crippen LogP contribution >= 0.6 is 11.8 Å².